The van der Waals surface area contributed by atoms with Crippen LogP contribution < -0.4 is 0 Å². The molecular formula is C15H29ClCrPSi. The minimum absolute atomic E-state index is 0. The molecule has 111 valence electrons. The second-order valence-corrected chi connectivity index (χ2v) is 18.4. The molecule has 0 nitrogen and oxygen atoms in total. The first-order valence-electron chi connectivity index (χ1n) is 6.97. The molecule has 0 saturated carbocycles. The first-order chi connectivity index (χ1) is 8.16. The zero-order chi connectivity index (χ0) is 14.3. The van der Waals surface area contributed by atoms with Gasteiger partial charge in [-0.3, -0.25) is 0 Å². The van der Waals surface area contributed by atoms with Gasteiger partial charge in [0.25, 0.3) is 0 Å². The van der Waals surface area contributed by atoms with Crippen molar-refractivity contribution in [2.75, 3.05) is 12.3 Å². The molecule has 1 unspecified atom stereocenters. The van der Waals surface area contributed by atoms with E-state index >= 15 is 0 Å². The van der Waals surface area contributed by atoms with Crippen molar-refractivity contribution in [2.24, 2.45) is 0 Å². The van der Waals surface area contributed by atoms with E-state index in [4.69, 9.17) is 0 Å². The Hall–Kier alpha value is 0.949. The molecule has 0 saturated heterocycles. The van der Waals surface area contributed by atoms with Crippen LogP contribution in [-0.4, -0.2) is 20.1 Å². The van der Waals surface area contributed by atoms with Crippen molar-refractivity contribution in [1.29, 1.82) is 0 Å². The van der Waals surface area contributed by atoms with Gasteiger partial charge in [0.05, 0.1) is 0 Å². The van der Waals surface area contributed by atoms with Gasteiger partial charge in [-0.2, -0.15) is 0 Å². The van der Waals surface area contributed by atoms with Crippen molar-refractivity contribution < 1.29 is 16.3 Å². The number of hydrogen-bond acceptors (Lipinski definition) is 0. The fraction of sp³-hybridized carbons (Fsp3) is 0.733. The predicted molar refractivity (Wildman–Crippen MR) is 92.2 cm³/mol. The fourth-order valence-corrected chi connectivity index (χ4v) is 17.5. The first-order valence-corrected chi connectivity index (χ1v) is 13.2. The van der Waals surface area contributed by atoms with E-state index in [1.807, 2.05) is 0 Å². The fourth-order valence-electron chi connectivity index (χ4n) is 3.44. The van der Waals surface area contributed by atoms with Crippen LogP contribution in [-0.2, 0) is 16.3 Å². The van der Waals surface area contributed by atoms with E-state index in [9.17, 15) is 0 Å². The molecule has 0 spiro atoms. The molecule has 1 aliphatic carbocycles. The van der Waals surface area contributed by atoms with E-state index in [1.54, 1.807) is 10.0 Å². The quantitative estimate of drug-likeness (QED) is 0.424. The standard InChI is InChI=1S/C15H28PSi.ClH.Cr/c1-9-16(10-2)17(7,8)15(6)11-12(3)13(4)14(15)5;;/h9-10H2,1-8H3;1H;. The van der Waals surface area contributed by atoms with E-state index in [0.717, 1.165) is 0 Å². The van der Waals surface area contributed by atoms with Gasteiger partial charge in [0.2, 0.25) is 0 Å². The maximum absolute atomic E-state index is 3.43. The van der Waals surface area contributed by atoms with Crippen LogP contribution in [0.2, 0.25) is 18.1 Å². The van der Waals surface area contributed by atoms with Crippen LogP contribution >= 0.6 is 19.9 Å². The van der Waals surface area contributed by atoms with E-state index in [0.29, 0.717) is 5.04 Å². The molecule has 1 aliphatic rings. The molecule has 0 bridgehead atoms. The summed E-state index contributed by atoms with van der Waals surface area (Å²) in [4.78, 5) is 0. The van der Waals surface area contributed by atoms with Gasteiger partial charge in [-0.1, -0.05) is 0 Å². The molecule has 0 aromatic carbocycles. The summed E-state index contributed by atoms with van der Waals surface area (Å²) in [5.74, 6) is 0. The van der Waals surface area contributed by atoms with E-state index in [1.165, 1.54) is 23.5 Å². The number of allylic oxidation sites excluding steroid dienone is 4. The van der Waals surface area contributed by atoms with Gasteiger partial charge in [-0.15, -0.1) is 12.4 Å². The monoisotopic (exact) mass is 355 g/mol. The second-order valence-electron chi connectivity index (χ2n) is 6.06. The Balaban J connectivity index is 0.00000324. The van der Waals surface area contributed by atoms with Crippen molar-refractivity contribution in [2.45, 2.75) is 59.7 Å². The number of halogens is 1. The normalized spacial score (nSPS) is 24.3. The Bertz CT molecular complexity index is 384. The summed E-state index contributed by atoms with van der Waals surface area (Å²) >= 11 is 3.43. The van der Waals surface area contributed by atoms with Gasteiger partial charge in [-0.25, -0.2) is 0 Å². The minimum Gasteiger partial charge on any atom is -0.147 e. The van der Waals surface area contributed by atoms with Gasteiger partial charge < -0.3 is 0 Å². The van der Waals surface area contributed by atoms with Gasteiger partial charge in [-0.05, 0) is 0 Å². The Morgan fingerprint density at radius 2 is 1.47 bits per heavy atom. The summed E-state index contributed by atoms with van der Waals surface area (Å²) in [7, 11) is -1.12. The van der Waals surface area contributed by atoms with Gasteiger partial charge in [0, 0.05) is 0 Å². The molecule has 0 amide bonds. The Morgan fingerprint density at radius 1 is 1.05 bits per heavy atom. The third-order valence-electron chi connectivity index (χ3n) is 5.45. The molecule has 4 heteroatoms. The maximum Gasteiger partial charge on any atom is -0.147 e. The molecule has 0 heterocycles. The molecule has 0 aliphatic heterocycles. The third kappa shape index (κ3) is 2.82. The molecule has 0 radical (unpaired) electrons. The average Bonchev–Trinajstić information content (AvgIpc) is 2.47. The Morgan fingerprint density at radius 3 is 1.74 bits per heavy atom. The summed E-state index contributed by atoms with van der Waals surface area (Å²) in [6.07, 6.45) is 2.78. The van der Waals surface area contributed by atoms with Crippen LogP contribution in [0.25, 0.3) is 0 Å². The first kappa shape index (κ1) is 19.9. The third-order valence-corrected chi connectivity index (χ3v) is 21.0. The molecule has 19 heavy (non-hydrogen) atoms. The zero-order valence-electron chi connectivity index (χ0n) is 13.7. The van der Waals surface area contributed by atoms with Gasteiger partial charge in [0.15, 0.2) is 0 Å². The number of hydrogen-bond donors (Lipinski definition) is 0. The number of rotatable bonds is 4. The van der Waals surface area contributed by atoms with Crippen LogP contribution in [0.5, 0.6) is 0 Å². The van der Waals surface area contributed by atoms with Crippen molar-refractivity contribution in [3.8, 4) is 0 Å². The average molecular weight is 356 g/mol. The summed E-state index contributed by atoms with van der Waals surface area (Å²) in [5.41, 5.74) is 4.69. The minimum atomic E-state index is -1.32. The van der Waals surface area contributed by atoms with E-state index in [-0.39, 0.29) is 19.9 Å². The van der Waals surface area contributed by atoms with Crippen LogP contribution in [0, 0.1) is 0 Å². The molecule has 0 aromatic rings. The molecule has 1 rings (SSSR count). The molecule has 0 N–H and O–H groups in total. The van der Waals surface area contributed by atoms with Gasteiger partial charge in [0.1, 0.15) is 0 Å². The van der Waals surface area contributed by atoms with Crippen LogP contribution in [0.1, 0.15) is 41.5 Å². The molecule has 0 fully saturated rings. The van der Waals surface area contributed by atoms with Gasteiger partial charge >= 0.3 is 125 Å². The second kappa shape index (κ2) is 6.81. The summed E-state index contributed by atoms with van der Waals surface area (Å²) in [6.45, 7) is 19.5. The van der Waals surface area contributed by atoms with Crippen molar-refractivity contribution in [3.63, 3.8) is 0 Å². The zero-order valence-corrected chi connectivity index (χ0v) is 17.7. The van der Waals surface area contributed by atoms with Crippen molar-refractivity contribution in [1.82, 2.24) is 0 Å². The van der Waals surface area contributed by atoms with E-state index in [2.05, 4.69) is 70.9 Å². The largest absolute Gasteiger partial charge is 0.147 e. The molecule has 0 aromatic heterocycles. The van der Waals surface area contributed by atoms with Crippen LogP contribution in [0.3, 0.4) is 0 Å². The SMILES string of the molecule is CCP(CC)[Si](C)(C)C1(C)C(C)=C(C)C(C)=[C]1[Cr].Cl. The Kier molecular flexibility index (Phi) is 7.15. The Labute approximate surface area is 137 Å². The molecular weight excluding hydrogens is 327 g/mol. The van der Waals surface area contributed by atoms with Crippen LogP contribution in [0.4, 0.5) is 0 Å². The smallest absolute Gasteiger partial charge is 0.147 e. The summed E-state index contributed by atoms with van der Waals surface area (Å²) < 4.78 is 1.54. The molecule has 1 atom stereocenters. The summed E-state index contributed by atoms with van der Waals surface area (Å²) in [5, 5.41) is 0.346. The predicted octanol–water partition coefficient (Wildman–Crippen LogP) is 6.07. The maximum atomic E-state index is 3.43. The van der Waals surface area contributed by atoms with Crippen molar-refractivity contribution >= 4 is 27.6 Å². The summed E-state index contributed by atoms with van der Waals surface area (Å²) in [6, 6.07) is 0. The van der Waals surface area contributed by atoms with E-state index < -0.39 is 7.74 Å². The van der Waals surface area contributed by atoms with Crippen molar-refractivity contribution in [3.05, 3.63) is 21.2 Å². The van der Waals surface area contributed by atoms with Crippen LogP contribution in [0.15, 0.2) is 21.2 Å². The topological polar surface area (TPSA) is 0 Å².